The highest BCUT2D eigenvalue weighted by atomic mass is 19.1. The number of phenolic OH excluding ortho intramolecular Hbond substituents is 2. The summed E-state index contributed by atoms with van der Waals surface area (Å²) in [5.74, 6) is 0.195. The van der Waals surface area contributed by atoms with Gasteiger partial charge in [-0.05, 0) is 65.9 Å². The molecule has 0 radical (unpaired) electrons. The third-order valence-corrected chi connectivity index (χ3v) is 4.89. The van der Waals surface area contributed by atoms with Crippen LogP contribution in [0.25, 0.3) is 0 Å². The average molecular weight is 336 g/mol. The maximum Gasteiger partial charge on any atom is 0.126 e. The molecule has 0 aromatic heterocycles. The van der Waals surface area contributed by atoms with Gasteiger partial charge in [-0.1, -0.05) is 43.3 Å². The Kier molecular flexibility index (Phi) is 4.49. The summed E-state index contributed by atoms with van der Waals surface area (Å²) < 4.78 is 14.0. The SMILES string of the molecule is CCc1cc(C(C)(c2ccc(O)cc2)c2ccc(O)cc2)ccc1F. The summed E-state index contributed by atoms with van der Waals surface area (Å²) in [7, 11) is 0. The fourth-order valence-electron chi connectivity index (χ4n) is 3.25. The second-order valence-corrected chi connectivity index (χ2v) is 6.38. The van der Waals surface area contributed by atoms with E-state index in [1.54, 1.807) is 30.3 Å². The number of rotatable bonds is 4. The quantitative estimate of drug-likeness (QED) is 0.647. The fourth-order valence-corrected chi connectivity index (χ4v) is 3.25. The van der Waals surface area contributed by atoms with E-state index < -0.39 is 5.41 Å². The summed E-state index contributed by atoms with van der Waals surface area (Å²) >= 11 is 0. The van der Waals surface area contributed by atoms with Crippen LogP contribution in [0.4, 0.5) is 4.39 Å². The Labute approximate surface area is 147 Å². The molecule has 0 fully saturated rings. The fraction of sp³-hybridized carbons (Fsp3) is 0.182. The topological polar surface area (TPSA) is 40.5 Å². The summed E-state index contributed by atoms with van der Waals surface area (Å²) in [6.45, 7) is 4.00. The smallest absolute Gasteiger partial charge is 0.126 e. The second-order valence-electron chi connectivity index (χ2n) is 6.38. The zero-order chi connectivity index (χ0) is 18.0. The third-order valence-electron chi connectivity index (χ3n) is 4.89. The minimum atomic E-state index is -0.543. The molecule has 0 unspecified atom stereocenters. The number of aryl methyl sites for hydroxylation is 1. The Balaban J connectivity index is 2.25. The number of phenols is 2. The molecule has 0 amide bonds. The van der Waals surface area contributed by atoms with Crippen molar-refractivity contribution >= 4 is 0 Å². The van der Waals surface area contributed by atoms with Crippen LogP contribution in [0.15, 0.2) is 66.7 Å². The summed E-state index contributed by atoms with van der Waals surface area (Å²) in [5.41, 5.74) is 3.04. The molecular formula is C22H21FO2. The lowest BCUT2D eigenvalue weighted by Gasteiger charge is -2.32. The summed E-state index contributed by atoms with van der Waals surface area (Å²) in [5, 5.41) is 19.3. The lowest BCUT2D eigenvalue weighted by atomic mass is 9.70. The molecule has 128 valence electrons. The van der Waals surface area contributed by atoms with Crippen LogP contribution < -0.4 is 0 Å². The van der Waals surface area contributed by atoms with E-state index in [2.05, 4.69) is 6.92 Å². The lowest BCUT2D eigenvalue weighted by molar-refractivity contribution is 0.474. The van der Waals surface area contributed by atoms with E-state index in [4.69, 9.17) is 0 Å². The predicted molar refractivity (Wildman–Crippen MR) is 97.5 cm³/mol. The van der Waals surface area contributed by atoms with Crippen LogP contribution >= 0.6 is 0 Å². The van der Waals surface area contributed by atoms with Gasteiger partial charge in [0.05, 0.1) is 0 Å². The monoisotopic (exact) mass is 336 g/mol. The highest BCUT2D eigenvalue weighted by Crippen LogP contribution is 2.40. The molecule has 0 atom stereocenters. The molecule has 3 aromatic carbocycles. The first kappa shape index (κ1) is 17.0. The maximum atomic E-state index is 14.0. The summed E-state index contributed by atoms with van der Waals surface area (Å²) in [4.78, 5) is 0. The highest BCUT2D eigenvalue weighted by Gasteiger charge is 2.31. The van der Waals surface area contributed by atoms with Crippen molar-refractivity contribution in [2.75, 3.05) is 0 Å². The van der Waals surface area contributed by atoms with Gasteiger partial charge in [0.2, 0.25) is 0 Å². The van der Waals surface area contributed by atoms with Crippen LogP contribution in [0.2, 0.25) is 0 Å². The predicted octanol–water partition coefficient (Wildman–Crippen LogP) is 5.15. The van der Waals surface area contributed by atoms with E-state index in [1.807, 2.05) is 37.3 Å². The zero-order valence-electron chi connectivity index (χ0n) is 14.3. The van der Waals surface area contributed by atoms with E-state index >= 15 is 0 Å². The Hall–Kier alpha value is -2.81. The first-order valence-electron chi connectivity index (χ1n) is 8.33. The molecule has 3 rings (SSSR count). The van der Waals surface area contributed by atoms with E-state index in [0.29, 0.717) is 12.0 Å². The number of hydrogen-bond donors (Lipinski definition) is 2. The van der Waals surface area contributed by atoms with E-state index in [-0.39, 0.29) is 17.3 Å². The molecule has 0 aliphatic heterocycles. The molecule has 25 heavy (non-hydrogen) atoms. The number of hydrogen-bond acceptors (Lipinski definition) is 2. The molecule has 0 aliphatic carbocycles. The van der Waals surface area contributed by atoms with E-state index in [9.17, 15) is 14.6 Å². The molecule has 2 N–H and O–H groups in total. The van der Waals surface area contributed by atoms with Gasteiger partial charge in [-0.15, -0.1) is 0 Å². The number of benzene rings is 3. The van der Waals surface area contributed by atoms with Gasteiger partial charge in [-0.2, -0.15) is 0 Å². The molecule has 0 bridgehead atoms. The Bertz CT molecular complexity index is 822. The Morgan fingerprint density at radius 1 is 0.760 bits per heavy atom. The van der Waals surface area contributed by atoms with Gasteiger partial charge in [0.25, 0.3) is 0 Å². The van der Waals surface area contributed by atoms with E-state index in [0.717, 1.165) is 16.7 Å². The van der Waals surface area contributed by atoms with Crippen molar-refractivity contribution in [3.63, 3.8) is 0 Å². The van der Waals surface area contributed by atoms with Crippen molar-refractivity contribution in [1.82, 2.24) is 0 Å². The van der Waals surface area contributed by atoms with E-state index in [1.165, 1.54) is 6.07 Å². The standard InChI is InChI=1S/C22H21FO2/c1-3-15-14-18(8-13-21(15)23)22(2,16-4-9-19(24)10-5-16)17-6-11-20(25)12-7-17/h4-14,24-25H,3H2,1-2H3. The van der Waals surface area contributed by atoms with Gasteiger partial charge in [-0.25, -0.2) is 4.39 Å². The van der Waals surface area contributed by atoms with Crippen LogP contribution in [0.1, 0.15) is 36.1 Å². The van der Waals surface area contributed by atoms with Gasteiger partial charge < -0.3 is 10.2 Å². The van der Waals surface area contributed by atoms with Crippen LogP contribution in [0.3, 0.4) is 0 Å². The molecular weight excluding hydrogens is 315 g/mol. The van der Waals surface area contributed by atoms with Crippen LogP contribution in [-0.2, 0) is 11.8 Å². The van der Waals surface area contributed by atoms with Gasteiger partial charge in [0, 0.05) is 5.41 Å². The van der Waals surface area contributed by atoms with Crippen molar-refractivity contribution in [1.29, 1.82) is 0 Å². The number of aromatic hydroxyl groups is 2. The molecule has 2 nitrogen and oxygen atoms in total. The van der Waals surface area contributed by atoms with Crippen molar-refractivity contribution < 1.29 is 14.6 Å². The van der Waals surface area contributed by atoms with Gasteiger partial charge in [0.15, 0.2) is 0 Å². The lowest BCUT2D eigenvalue weighted by Crippen LogP contribution is -2.25. The van der Waals surface area contributed by atoms with Gasteiger partial charge >= 0.3 is 0 Å². The van der Waals surface area contributed by atoms with Crippen LogP contribution in [-0.4, -0.2) is 10.2 Å². The molecule has 3 aromatic rings. The van der Waals surface area contributed by atoms with Crippen molar-refractivity contribution in [2.24, 2.45) is 0 Å². The normalized spacial score (nSPS) is 11.5. The second kappa shape index (κ2) is 6.60. The molecule has 0 saturated carbocycles. The van der Waals surface area contributed by atoms with Crippen molar-refractivity contribution in [3.05, 3.63) is 94.8 Å². The van der Waals surface area contributed by atoms with Crippen LogP contribution in [0.5, 0.6) is 11.5 Å². The van der Waals surface area contributed by atoms with Crippen molar-refractivity contribution in [2.45, 2.75) is 25.7 Å². The third kappa shape index (κ3) is 3.10. The molecule has 0 spiro atoms. The minimum absolute atomic E-state index is 0.199. The molecule has 0 aliphatic rings. The largest absolute Gasteiger partial charge is 0.508 e. The first-order chi connectivity index (χ1) is 11.9. The average Bonchev–Trinajstić information content (AvgIpc) is 2.62. The number of halogens is 1. The minimum Gasteiger partial charge on any atom is -0.508 e. The molecule has 0 saturated heterocycles. The van der Waals surface area contributed by atoms with Crippen molar-refractivity contribution in [3.8, 4) is 11.5 Å². The summed E-state index contributed by atoms with van der Waals surface area (Å²) in [6, 6.07) is 19.3. The van der Waals surface area contributed by atoms with Gasteiger partial charge in [-0.3, -0.25) is 0 Å². The molecule has 0 heterocycles. The van der Waals surface area contributed by atoms with Crippen LogP contribution in [0, 0.1) is 5.82 Å². The molecule has 3 heteroatoms. The zero-order valence-corrected chi connectivity index (χ0v) is 14.3. The van der Waals surface area contributed by atoms with Gasteiger partial charge in [0.1, 0.15) is 17.3 Å². The summed E-state index contributed by atoms with van der Waals surface area (Å²) in [6.07, 6.45) is 0.612. The maximum absolute atomic E-state index is 14.0. The first-order valence-corrected chi connectivity index (χ1v) is 8.33. The Morgan fingerprint density at radius 3 is 1.64 bits per heavy atom. The Morgan fingerprint density at radius 2 is 1.20 bits per heavy atom. The highest BCUT2D eigenvalue weighted by molar-refractivity contribution is 5.51.